The number of hydrogen-bond donors (Lipinski definition) is 0. The highest BCUT2D eigenvalue weighted by molar-refractivity contribution is 7.10. The second-order valence-electron chi connectivity index (χ2n) is 2.60. The Balaban J connectivity index is 2.11. The van der Waals surface area contributed by atoms with Gasteiger partial charge in [-0.15, -0.1) is 11.3 Å². The molecule has 2 heteroatoms. The molecule has 0 saturated heterocycles. The highest BCUT2D eigenvalue weighted by Crippen LogP contribution is 2.24. The lowest BCUT2D eigenvalue weighted by Gasteiger charge is -2.15. The molecular weight excluding hydrogens is 154 g/mol. The maximum Gasteiger partial charge on any atom is 0.0626 e. The number of rotatable bonds is 1. The molecule has 2 heterocycles. The van der Waals surface area contributed by atoms with Gasteiger partial charge in [0, 0.05) is 11.4 Å². The first kappa shape index (κ1) is 7.07. The lowest BCUT2D eigenvalue weighted by molar-refractivity contribution is 0.551. The van der Waals surface area contributed by atoms with E-state index >= 15 is 0 Å². The van der Waals surface area contributed by atoms with E-state index in [2.05, 4.69) is 35.0 Å². The van der Waals surface area contributed by atoms with Gasteiger partial charge >= 0.3 is 0 Å². The molecule has 1 aromatic rings. The second kappa shape index (κ2) is 3.20. The molecule has 1 nitrogen and oxygen atoms in total. The summed E-state index contributed by atoms with van der Waals surface area (Å²) in [7, 11) is 0. The molecule has 1 unspecified atom stereocenters. The molecule has 0 aliphatic carbocycles. The van der Waals surface area contributed by atoms with E-state index in [0.717, 1.165) is 13.0 Å². The number of thiophene rings is 1. The smallest absolute Gasteiger partial charge is 0.0626 e. The van der Waals surface area contributed by atoms with Crippen LogP contribution in [0, 0.1) is 0 Å². The third-order valence-corrected chi connectivity index (χ3v) is 2.80. The Hall–Kier alpha value is -0.600. The molecule has 1 aromatic heterocycles. The molecule has 1 aliphatic heterocycles. The van der Waals surface area contributed by atoms with E-state index in [1.165, 1.54) is 4.88 Å². The summed E-state index contributed by atoms with van der Waals surface area (Å²) in [4.78, 5) is 1.40. The molecule has 0 spiro atoms. The fourth-order valence-electron chi connectivity index (χ4n) is 1.25. The van der Waals surface area contributed by atoms with Crippen molar-refractivity contribution < 1.29 is 0 Å². The predicted octanol–water partition coefficient (Wildman–Crippen LogP) is 2.35. The van der Waals surface area contributed by atoms with E-state index in [9.17, 15) is 0 Å². The Labute approximate surface area is 70.8 Å². The predicted molar refractivity (Wildman–Crippen MR) is 47.8 cm³/mol. The van der Waals surface area contributed by atoms with Gasteiger partial charge in [-0.05, 0) is 17.9 Å². The van der Waals surface area contributed by atoms with Crippen LogP contribution in [0.25, 0.3) is 0 Å². The third-order valence-electron chi connectivity index (χ3n) is 1.83. The lowest BCUT2D eigenvalue weighted by Crippen LogP contribution is -2.15. The zero-order valence-corrected chi connectivity index (χ0v) is 7.05. The van der Waals surface area contributed by atoms with Gasteiger partial charge in [0.15, 0.2) is 0 Å². The van der Waals surface area contributed by atoms with Gasteiger partial charge in [0.1, 0.15) is 0 Å². The van der Waals surface area contributed by atoms with E-state index < -0.39 is 0 Å². The quantitative estimate of drug-likeness (QED) is 0.566. The van der Waals surface area contributed by atoms with Gasteiger partial charge < -0.3 is 0 Å². The summed E-state index contributed by atoms with van der Waals surface area (Å²) in [6.45, 7) is 0.891. The van der Waals surface area contributed by atoms with Crippen LogP contribution in [0.1, 0.15) is 17.3 Å². The molecule has 0 amide bonds. The van der Waals surface area contributed by atoms with Gasteiger partial charge in [-0.1, -0.05) is 18.2 Å². The summed E-state index contributed by atoms with van der Waals surface area (Å²) in [6, 6.07) is 4.70. The topological polar surface area (TPSA) is 14.1 Å². The van der Waals surface area contributed by atoms with Gasteiger partial charge in [0.2, 0.25) is 0 Å². The zero-order valence-electron chi connectivity index (χ0n) is 6.23. The maximum atomic E-state index is 4.50. The first-order valence-electron chi connectivity index (χ1n) is 3.82. The van der Waals surface area contributed by atoms with Crippen molar-refractivity contribution in [2.45, 2.75) is 12.5 Å². The number of hydrogen-bond acceptors (Lipinski definition) is 1. The molecule has 1 aliphatic rings. The second-order valence-corrected chi connectivity index (χ2v) is 3.58. The van der Waals surface area contributed by atoms with Crippen molar-refractivity contribution in [3.05, 3.63) is 34.5 Å². The van der Waals surface area contributed by atoms with Crippen molar-refractivity contribution in [2.24, 2.45) is 0 Å². The minimum atomic E-state index is 0.444. The number of nitrogens with zero attached hydrogens (tertiary/aromatic N) is 1. The molecule has 1 atom stereocenters. The third kappa shape index (κ3) is 1.52. The van der Waals surface area contributed by atoms with E-state index in [0.29, 0.717) is 6.04 Å². The van der Waals surface area contributed by atoms with Crippen LogP contribution >= 0.6 is 11.3 Å². The first-order chi connectivity index (χ1) is 5.47. The molecule has 0 bridgehead atoms. The van der Waals surface area contributed by atoms with Crippen LogP contribution in [-0.2, 0) is 0 Å². The lowest BCUT2D eigenvalue weighted by atomic mass is 10.1. The zero-order chi connectivity index (χ0) is 7.52. The van der Waals surface area contributed by atoms with E-state index in [1.807, 2.05) is 0 Å². The summed E-state index contributed by atoms with van der Waals surface area (Å²) < 4.78 is 0. The summed E-state index contributed by atoms with van der Waals surface area (Å²) >= 11 is 1.80. The van der Waals surface area contributed by atoms with Gasteiger partial charge in [0.25, 0.3) is 0 Å². The molecule has 11 heavy (non-hydrogen) atoms. The minimum Gasteiger partial charge on any atom is -0.228 e. The van der Waals surface area contributed by atoms with Gasteiger partial charge in [-0.2, -0.15) is 0 Å². The Morgan fingerprint density at radius 1 is 1.45 bits per heavy atom. The molecular formula is C9H10NS. The van der Waals surface area contributed by atoms with Crippen LogP contribution < -0.4 is 5.32 Å². The Morgan fingerprint density at radius 3 is 3.09 bits per heavy atom. The van der Waals surface area contributed by atoms with E-state index in [-0.39, 0.29) is 0 Å². The highest BCUT2D eigenvalue weighted by Gasteiger charge is 2.12. The van der Waals surface area contributed by atoms with Crippen LogP contribution in [0.4, 0.5) is 0 Å². The Bertz CT molecular complexity index is 238. The summed E-state index contributed by atoms with van der Waals surface area (Å²) in [5.74, 6) is 0. The fraction of sp³-hybridized carbons (Fsp3) is 0.333. The van der Waals surface area contributed by atoms with Crippen LogP contribution in [0.2, 0.25) is 0 Å². The molecule has 0 saturated carbocycles. The summed E-state index contributed by atoms with van der Waals surface area (Å²) in [5, 5.41) is 6.61. The summed E-state index contributed by atoms with van der Waals surface area (Å²) in [5.41, 5.74) is 0. The highest BCUT2D eigenvalue weighted by atomic mass is 32.1. The Morgan fingerprint density at radius 2 is 2.45 bits per heavy atom. The van der Waals surface area contributed by atoms with Crippen molar-refractivity contribution in [1.82, 2.24) is 5.32 Å². The molecule has 0 aromatic carbocycles. The first-order valence-corrected chi connectivity index (χ1v) is 4.70. The normalized spacial score (nSPS) is 23.8. The Kier molecular flexibility index (Phi) is 2.06. The van der Waals surface area contributed by atoms with E-state index in [4.69, 9.17) is 0 Å². The monoisotopic (exact) mass is 164 g/mol. The average Bonchev–Trinajstić information content (AvgIpc) is 2.58. The van der Waals surface area contributed by atoms with Crippen molar-refractivity contribution in [3.63, 3.8) is 0 Å². The van der Waals surface area contributed by atoms with Crippen LogP contribution in [-0.4, -0.2) is 6.54 Å². The van der Waals surface area contributed by atoms with Gasteiger partial charge in [-0.25, -0.2) is 5.32 Å². The maximum absolute atomic E-state index is 4.50. The SMILES string of the molecule is C1=CCC(c2cccs2)[N]C1. The van der Waals surface area contributed by atoms with Crippen LogP contribution in [0.3, 0.4) is 0 Å². The van der Waals surface area contributed by atoms with Crippen molar-refractivity contribution in [3.8, 4) is 0 Å². The standard InChI is InChI=1S/C9H10NS/c1-2-6-10-8(4-1)9-5-3-7-11-9/h1-3,5,7-8H,4,6H2. The molecule has 1 radical (unpaired) electrons. The molecule has 57 valence electrons. The van der Waals surface area contributed by atoms with Gasteiger partial charge in [0.05, 0.1) is 6.04 Å². The molecule has 0 fully saturated rings. The van der Waals surface area contributed by atoms with E-state index in [1.54, 1.807) is 11.3 Å². The van der Waals surface area contributed by atoms with Crippen LogP contribution in [0.5, 0.6) is 0 Å². The van der Waals surface area contributed by atoms with Crippen molar-refractivity contribution in [1.29, 1.82) is 0 Å². The average molecular weight is 164 g/mol. The largest absolute Gasteiger partial charge is 0.228 e. The molecule has 0 N–H and O–H groups in total. The summed E-state index contributed by atoms with van der Waals surface area (Å²) in [6.07, 6.45) is 5.43. The van der Waals surface area contributed by atoms with Crippen molar-refractivity contribution in [2.75, 3.05) is 6.54 Å². The fourth-order valence-corrected chi connectivity index (χ4v) is 2.05. The van der Waals surface area contributed by atoms with Crippen molar-refractivity contribution >= 4 is 11.3 Å². The minimum absolute atomic E-state index is 0.444. The molecule has 2 rings (SSSR count). The van der Waals surface area contributed by atoms with Crippen LogP contribution in [0.15, 0.2) is 29.7 Å². The van der Waals surface area contributed by atoms with Gasteiger partial charge in [-0.3, -0.25) is 0 Å².